The third kappa shape index (κ3) is 2.90. The normalized spacial score (nSPS) is 16.7. The highest BCUT2D eigenvalue weighted by molar-refractivity contribution is 5.84. The summed E-state index contributed by atoms with van der Waals surface area (Å²) in [7, 11) is 1.71. The lowest BCUT2D eigenvalue weighted by Crippen LogP contribution is -2.29. The van der Waals surface area contributed by atoms with E-state index < -0.39 is 0 Å². The molecule has 100 valence electrons. The first kappa shape index (κ1) is 12.5. The number of likely N-dealkylation sites (tertiary alicyclic amines) is 1. The van der Waals surface area contributed by atoms with Gasteiger partial charge in [0.2, 0.25) is 0 Å². The van der Waals surface area contributed by atoms with E-state index in [1.54, 1.807) is 7.11 Å². The standard InChI is InChI=1S/C17H21NO/c1-19-17-8-7-15-11-14(5-6-16(15)12-17)13-18-9-3-2-4-10-18/h5-8,11-12H,2-4,9-10,13H2,1H3. The Morgan fingerprint density at radius 1 is 0.947 bits per heavy atom. The highest BCUT2D eigenvalue weighted by atomic mass is 16.5. The zero-order valence-electron chi connectivity index (χ0n) is 11.6. The SMILES string of the molecule is COc1ccc2cc(CN3CCCCC3)ccc2c1. The van der Waals surface area contributed by atoms with Crippen LogP contribution in [0.3, 0.4) is 0 Å². The Morgan fingerprint density at radius 3 is 2.47 bits per heavy atom. The number of rotatable bonds is 3. The maximum atomic E-state index is 5.27. The molecule has 0 aliphatic carbocycles. The Hall–Kier alpha value is -1.54. The summed E-state index contributed by atoms with van der Waals surface area (Å²) in [6.07, 6.45) is 4.10. The largest absolute Gasteiger partial charge is 0.497 e. The Balaban J connectivity index is 1.80. The number of fused-ring (bicyclic) bond motifs is 1. The fourth-order valence-electron chi connectivity index (χ4n) is 2.87. The van der Waals surface area contributed by atoms with Crippen molar-refractivity contribution in [2.45, 2.75) is 25.8 Å². The van der Waals surface area contributed by atoms with Crippen LogP contribution in [0.25, 0.3) is 10.8 Å². The Labute approximate surface area is 115 Å². The van der Waals surface area contributed by atoms with Crippen molar-refractivity contribution in [3.8, 4) is 5.75 Å². The molecular formula is C17H21NO. The van der Waals surface area contributed by atoms with E-state index >= 15 is 0 Å². The molecule has 19 heavy (non-hydrogen) atoms. The number of methoxy groups -OCH3 is 1. The Morgan fingerprint density at radius 2 is 1.68 bits per heavy atom. The second-order valence-electron chi connectivity index (χ2n) is 5.38. The summed E-state index contributed by atoms with van der Waals surface area (Å²) >= 11 is 0. The predicted octanol–water partition coefficient (Wildman–Crippen LogP) is 3.83. The van der Waals surface area contributed by atoms with Gasteiger partial charge in [-0.25, -0.2) is 0 Å². The van der Waals surface area contributed by atoms with Crippen molar-refractivity contribution in [1.82, 2.24) is 4.90 Å². The lowest BCUT2D eigenvalue weighted by atomic mass is 10.1. The molecule has 2 aromatic rings. The molecule has 1 fully saturated rings. The average molecular weight is 255 g/mol. The molecule has 1 heterocycles. The van der Waals surface area contributed by atoms with Crippen LogP contribution in [0, 0.1) is 0 Å². The molecule has 1 aliphatic rings. The van der Waals surface area contributed by atoms with Crippen molar-refractivity contribution >= 4 is 10.8 Å². The molecule has 0 amide bonds. The molecule has 2 aromatic carbocycles. The zero-order valence-corrected chi connectivity index (χ0v) is 11.6. The molecule has 0 unspecified atom stereocenters. The molecule has 0 aromatic heterocycles. The molecule has 2 heteroatoms. The van der Waals surface area contributed by atoms with Crippen LogP contribution in [-0.2, 0) is 6.54 Å². The van der Waals surface area contributed by atoms with Gasteiger partial charge in [-0.15, -0.1) is 0 Å². The van der Waals surface area contributed by atoms with Crippen LogP contribution in [0.4, 0.5) is 0 Å². The van der Waals surface area contributed by atoms with Crippen molar-refractivity contribution in [3.05, 3.63) is 42.0 Å². The van der Waals surface area contributed by atoms with Gasteiger partial charge in [0.25, 0.3) is 0 Å². The third-order valence-electron chi connectivity index (χ3n) is 3.97. The Bertz CT molecular complexity index is 558. The van der Waals surface area contributed by atoms with Gasteiger partial charge >= 0.3 is 0 Å². The van der Waals surface area contributed by atoms with Crippen LogP contribution in [-0.4, -0.2) is 25.1 Å². The zero-order chi connectivity index (χ0) is 13.1. The number of piperidine rings is 1. The predicted molar refractivity (Wildman–Crippen MR) is 79.6 cm³/mol. The number of hydrogen-bond acceptors (Lipinski definition) is 2. The van der Waals surface area contributed by atoms with Gasteiger partial charge in [0.05, 0.1) is 7.11 Å². The van der Waals surface area contributed by atoms with Crippen molar-refractivity contribution < 1.29 is 4.74 Å². The molecule has 0 bridgehead atoms. The lowest BCUT2D eigenvalue weighted by Gasteiger charge is -2.26. The van der Waals surface area contributed by atoms with Gasteiger partial charge < -0.3 is 4.74 Å². The second kappa shape index (κ2) is 5.62. The molecule has 0 saturated carbocycles. The smallest absolute Gasteiger partial charge is 0.119 e. The van der Waals surface area contributed by atoms with E-state index in [2.05, 4.69) is 35.2 Å². The van der Waals surface area contributed by atoms with Crippen LogP contribution < -0.4 is 4.74 Å². The summed E-state index contributed by atoms with van der Waals surface area (Å²) in [5.41, 5.74) is 1.42. The Kier molecular flexibility index (Phi) is 3.69. The molecule has 3 rings (SSSR count). The van der Waals surface area contributed by atoms with Gasteiger partial charge in [-0.2, -0.15) is 0 Å². The molecular weight excluding hydrogens is 234 g/mol. The lowest BCUT2D eigenvalue weighted by molar-refractivity contribution is 0.221. The van der Waals surface area contributed by atoms with Crippen LogP contribution in [0.15, 0.2) is 36.4 Å². The first-order valence-corrected chi connectivity index (χ1v) is 7.14. The summed E-state index contributed by atoms with van der Waals surface area (Å²) in [6, 6.07) is 13.0. The van der Waals surface area contributed by atoms with Gasteiger partial charge in [-0.1, -0.05) is 24.6 Å². The highest BCUT2D eigenvalue weighted by Gasteiger charge is 2.10. The molecule has 0 spiro atoms. The second-order valence-corrected chi connectivity index (χ2v) is 5.38. The number of benzene rings is 2. The molecule has 0 radical (unpaired) electrons. The molecule has 0 N–H and O–H groups in total. The van der Waals surface area contributed by atoms with E-state index in [1.165, 1.54) is 48.7 Å². The summed E-state index contributed by atoms with van der Waals surface area (Å²) < 4.78 is 5.27. The number of hydrogen-bond donors (Lipinski definition) is 0. The van der Waals surface area contributed by atoms with Gasteiger partial charge in [-0.05, 0) is 60.5 Å². The minimum absolute atomic E-state index is 0.927. The van der Waals surface area contributed by atoms with Crippen molar-refractivity contribution in [2.75, 3.05) is 20.2 Å². The summed E-state index contributed by atoms with van der Waals surface area (Å²) in [6.45, 7) is 3.59. The van der Waals surface area contributed by atoms with Gasteiger partial charge in [0.1, 0.15) is 5.75 Å². The van der Waals surface area contributed by atoms with Gasteiger partial charge in [-0.3, -0.25) is 4.90 Å². The van der Waals surface area contributed by atoms with Crippen molar-refractivity contribution in [2.24, 2.45) is 0 Å². The summed E-state index contributed by atoms with van der Waals surface area (Å²) in [4.78, 5) is 2.56. The average Bonchev–Trinajstić information content (AvgIpc) is 2.48. The first-order valence-electron chi connectivity index (χ1n) is 7.14. The van der Waals surface area contributed by atoms with Crippen LogP contribution in [0.5, 0.6) is 5.75 Å². The maximum absolute atomic E-state index is 5.27. The highest BCUT2D eigenvalue weighted by Crippen LogP contribution is 2.23. The van der Waals surface area contributed by atoms with E-state index in [0.29, 0.717) is 0 Å². The molecule has 1 saturated heterocycles. The van der Waals surface area contributed by atoms with Gasteiger partial charge in [0, 0.05) is 6.54 Å². The number of nitrogens with zero attached hydrogens (tertiary/aromatic N) is 1. The monoisotopic (exact) mass is 255 g/mol. The first-order chi connectivity index (χ1) is 9.35. The third-order valence-corrected chi connectivity index (χ3v) is 3.97. The van der Waals surface area contributed by atoms with E-state index in [4.69, 9.17) is 4.74 Å². The fraction of sp³-hybridized carbons (Fsp3) is 0.412. The van der Waals surface area contributed by atoms with Crippen LogP contribution in [0.1, 0.15) is 24.8 Å². The minimum atomic E-state index is 0.927. The van der Waals surface area contributed by atoms with E-state index in [-0.39, 0.29) is 0 Å². The molecule has 0 atom stereocenters. The van der Waals surface area contributed by atoms with E-state index in [1.807, 2.05) is 6.07 Å². The van der Waals surface area contributed by atoms with Crippen LogP contribution in [0.2, 0.25) is 0 Å². The summed E-state index contributed by atoms with van der Waals surface area (Å²) in [5.74, 6) is 0.927. The van der Waals surface area contributed by atoms with Crippen LogP contribution >= 0.6 is 0 Å². The minimum Gasteiger partial charge on any atom is -0.497 e. The van der Waals surface area contributed by atoms with E-state index in [9.17, 15) is 0 Å². The van der Waals surface area contributed by atoms with E-state index in [0.717, 1.165) is 12.3 Å². The quantitative estimate of drug-likeness (QED) is 0.826. The van der Waals surface area contributed by atoms with Crippen molar-refractivity contribution in [3.63, 3.8) is 0 Å². The summed E-state index contributed by atoms with van der Waals surface area (Å²) in [5, 5.41) is 2.55. The maximum Gasteiger partial charge on any atom is 0.119 e. The van der Waals surface area contributed by atoms with Crippen molar-refractivity contribution in [1.29, 1.82) is 0 Å². The topological polar surface area (TPSA) is 12.5 Å². The molecule has 2 nitrogen and oxygen atoms in total. The molecule has 1 aliphatic heterocycles. The number of ether oxygens (including phenoxy) is 1. The van der Waals surface area contributed by atoms with Gasteiger partial charge in [0.15, 0.2) is 0 Å². The fourth-order valence-corrected chi connectivity index (χ4v) is 2.87.